The number of ether oxygens (including phenoxy) is 2. The lowest BCUT2D eigenvalue weighted by Gasteiger charge is -2.31. The smallest absolute Gasteiger partial charge is 0.387 e. The van der Waals surface area contributed by atoms with Crippen molar-refractivity contribution in [2.75, 3.05) is 18.1 Å². The van der Waals surface area contributed by atoms with Gasteiger partial charge in [-0.15, -0.1) is 0 Å². The molecule has 0 saturated heterocycles. The molecule has 4 rings (SSSR count). The van der Waals surface area contributed by atoms with Crippen molar-refractivity contribution in [2.24, 2.45) is 0 Å². The third-order valence-electron chi connectivity index (χ3n) is 5.52. The Hall–Kier alpha value is -3.73. The minimum Gasteiger partial charge on any atom is -0.480 e. The number of nitrogens with zero attached hydrogens (tertiary/aromatic N) is 1. The Morgan fingerprint density at radius 1 is 1.14 bits per heavy atom. The molecule has 11 heteroatoms. The minimum atomic E-state index is -3.78. The number of hydrogen-bond acceptors (Lipinski definition) is 5. The number of alkyl halides is 2. The summed E-state index contributed by atoms with van der Waals surface area (Å²) in [5, 5.41) is 2.51. The summed E-state index contributed by atoms with van der Waals surface area (Å²) >= 11 is 0. The van der Waals surface area contributed by atoms with Gasteiger partial charge in [0.1, 0.15) is 23.4 Å². The van der Waals surface area contributed by atoms with Crippen LogP contribution in [0.1, 0.15) is 24.2 Å². The number of rotatable bonds is 6. The maximum atomic E-state index is 14.0. The van der Waals surface area contributed by atoms with E-state index in [2.05, 4.69) is 10.1 Å². The topological polar surface area (TPSA) is 84.9 Å². The molecule has 0 aliphatic carbocycles. The average Bonchev–Trinajstić information content (AvgIpc) is 2.82. The first kappa shape index (κ1) is 24.4. The molecule has 3 aromatic carbocycles. The molecule has 1 unspecified atom stereocenters. The molecule has 7 nitrogen and oxygen atoms in total. The highest BCUT2D eigenvalue weighted by Gasteiger charge is 2.31. The predicted molar refractivity (Wildman–Crippen MR) is 124 cm³/mol. The first-order valence-corrected chi connectivity index (χ1v) is 12.1. The number of amides is 2. The van der Waals surface area contributed by atoms with E-state index in [0.717, 1.165) is 7.05 Å². The first-order chi connectivity index (χ1) is 16.6. The highest BCUT2D eigenvalue weighted by molar-refractivity contribution is 7.89. The van der Waals surface area contributed by atoms with Crippen molar-refractivity contribution in [3.63, 3.8) is 0 Å². The molecule has 35 heavy (non-hydrogen) atoms. The lowest BCUT2D eigenvalue weighted by Crippen LogP contribution is -2.37. The third kappa shape index (κ3) is 4.90. The summed E-state index contributed by atoms with van der Waals surface area (Å²) in [5.41, 5.74) is 1.87. The molecule has 0 fully saturated rings. The van der Waals surface area contributed by atoms with Crippen LogP contribution in [0.3, 0.4) is 0 Å². The number of anilines is 1. The van der Waals surface area contributed by atoms with E-state index in [1.54, 1.807) is 18.2 Å². The monoisotopic (exact) mass is 506 g/mol. The molecule has 1 aliphatic rings. The van der Waals surface area contributed by atoms with Crippen molar-refractivity contribution >= 4 is 21.7 Å². The predicted octanol–water partition coefficient (Wildman–Crippen LogP) is 5.39. The molecular formula is C24H21F3N2O5S. The Morgan fingerprint density at radius 3 is 2.57 bits per heavy atom. The summed E-state index contributed by atoms with van der Waals surface area (Å²) in [6.07, 6.45) is -0.844. The van der Waals surface area contributed by atoms with Gasteiger partial charge in [-0.3, -0.25) is 0 Å². The normalized spacial score (nSPS) is 14.5. The van der Waals surface area contributed by atoms with Gasteiger partial charge in [-0.2, -0.15) is 8.78 Å². The van der Waals surface area contributed by atoms with Gasteiger partial charge in [0.15, 0.2) is 0 Å². The Morgan fingerprint density at radius 2 is 1.89 bits per heavy atom. The molecule has 0 spiro atoms. The summed E-state index contributed by atoms with van der Waals surface area (Å²) in [4.78, 5) is 12.5. The lowest BCUT2D eigenvalue weighted by molar-refractivity contribution is -0.0496. The molecule has 2 amide bonds. The van der Waals surface area contributed by atoms with E-state index >= 15 is 0 Å². The van der Waals surface area contributed by atoms with Crippen LogP contribution in [0.25, 0.3) is 11.1 Å². The van der Waals surface area contributed by atoms with Gasteiger partial charge >= 0.3 is 12.6 Å². The molecule has 3 aromatic rings. The van der Waals surface area contributed by atoms with E-state index in [-0.39, 0.29) is 28.5 Å². The minimum absolute atomic E-state index is 0.109. The van der Waals surface area contributed by atoms with E-state index in [4.69, 9.17) is 4.74 Å². The summed E-state index contributed by atoms with van der Waals surface area (Å²) < 4.78 is 75.6. The first-order valence-electron chi connectivity index (χ1n) is 10.5. The van der Waals surface area contributed by atoms with E-state index in [9.17, 15) is 26.4 Å². The largest absolute Gasteiger partial charge is 0.480 e. The molecular weight excluding hydrogens is 485 g/mol. The van der Waals surface area contributed by atoms with E-state index < -0.39 is 34.6 Å². The summed E-state index contributed by atoms with van der Waals surface area (Å²) in [6, 6.07) is 13.9. The zero-order valence-corrected chi connectivity index (χ0v) is 19.5. The van der Waals surface area contributed by atoms with Crippen LogP contribution in [-0.4, -0.2) is 38.2 Å². The van der Waals surface area contributed by atoms with Crippen LogP contribution in [0.15, 0.2) is 60.7 Å². The number of carbonyl (C=O) groups excluding carboxylic acids is 1. The quantitative estimate of drug-likeness (QED) is 0.485. The van der Waals surface area contributed by atoms with E-state index in [1.165, 1.54) is 49.4 Å². The second-order valence-corrected chi connectivity index (χ2v) is 9.95. The van der Waals surface area contributed by atoms with Gasteiger partial charge in [0.05, 0.1) is 11.3 Å². The molecule has 0 aromatic heterocycles. The van der Waals surface area contributed by atoms with Crippen molar-refractivity contribution in [1.29, 1.82) is 0 Å². The fraction of sp³-hybridized carbons (Fsp3) is 0.208. The van der Waals surface area contributed by atoms with Gasteiger partial charge in [-0.1, -0.05) is 24.3 Å². The van der Waals surface area contributed by atoms with Crippen molar-refractivity contribution in [2.45, 2.75) is 19.6 Å². The Kier molecular flexibility index (Phi) is 6.62. The van der Waals surface area contributed by atoms with Crippen molar-refractivity contribution in [3.8, 4) is 22.6 Å². The Labute approximate surface area is 200 Å². The number of halogens is 3. The van der Waals surface area contributed by atoms with Gasteiger partial charge in [0.2, 0.25) is 10.0 Å². The Bertz CT molecular complexity index is 1380. The summed E-state index contributed by atoms with van der Waals surface area (Å²) in [5.74, 6) is -0.609. The van der Waals surface area contributed by atoms with Crippen LogP contribution in [0.5, 0.6) is 11.5 Å². The number of hydrogen-bond donors (Lipinski definition) is 1. The molecule has 0 radical (unpaired) electrons. The number of carbonyl (C=O) groups is 1. The molecule has 0 saturated carbocycles. The average molecular weight is 507 g/mol. The molecule has 0 bridgehead atoms. The molecule has 184 valence electrons. The fourth-order valence-corrected chi connectivity index (χ4v) is 4.47. The maximum Gasteiger partial charge on any atom is 0.387 e. The van der Waals surface area contributed by atoms with Gasteiger partial charge in [-0.25, -0.2) is 21.9 Å². The van der Waals surface area contributed by atoms with Crippen molar-refractivity contribution in [1.82, 2.24) is 4.31 Å². The summed E-state index contributed by atoms with van der Waals surface area (Å²) in [7, 11) is -2.65. The van der Waals surface area contributed by atoms with Crippen LogP contribution >= 0.6 is 0 Å². The van der Waals surface area contributed by atoms with Gasteiger partial charge in [0.25, 0.3) is 0 Å². The Balaban J connectivity index is 1.81. The van der Waals surface area contributed by atoms with Crippen molar-refractivity contribution in [3.05, 3.63) is 77.6 Å². The number of sulfonamides is 1. The summed E-state index contributed by atoms with van der Waals surface area (Å²) in [6.45, 7) is -1.66. The zero-order valence-electron chi connectivity index (χ0n) is 18.7. The van der Waals surface area contributed by atoms with Gasteiger partial charge in [0, 0.05) is 18.3 Å². The highest BCUT2D eigenvalue weighted by Crippen LogP contribution is 2.49. The third-order valence-corrected chi connectivity index (χ3v) is 7.25. The molecule has 1 atom stereocenters. The zero-order chi connectivity index (χ0) is 25.3. The maximum absolute atomic E-state index is 14.0. The number of fused-ring (bicyclic) bond motifs is 3. The molecule has 1 N–H and O–H groups in total. The molecule has 1 heterocycles. The number of nitrogens with one attached hydrogen (secondary N) is 1. The second-order valence-electron chi connectivity index (χ2n) is 7.66. The van der Waals surface area contributed by atoms with Crippen LogP contribution < -0.4 is 14.8 Å². The van der Waals surface area contributed by atoms with Gasteiger partial charge in [-0.05, 0) is 54.4 Å². The van der Waals surface area contributed by atoms with Crippen molar-refractivity contribution < 1.29 is 35.9 Å². The number of benzene rings is 3. The highest BCUT2D eigenvalue weighted by atomic mass is 32.2. The second kappa shape index (κ2) is 9.49. The van der Waals surface area contributed by atoms with Crippen LogP contribution in [-0.2, 0) is 10.0 Å². The SMILES string of the molecule is CCS(=O)(=O)N(C)C(=O)Nc1ccc2c(c1)C(c1cccc(F)c1)Oc1cccc(OC(F)F)c1-2. The van der Waals surface area contributed by atoms with Gasteiger partial charge < -0.3 is 14.8 Å². The van der Waals surface area contributed by atoms with Crippen LogP contribution in [0.4, 0.5) is 23.7 Å². The number of urea groups is 1. The van der Waals surface area contributed by atoms with E-state index in [1.807, 2.05) is 0 Å². The molecule has 1 aliphatic heterocycles. The standard InChI is InChI=1S/C24H21F3N2O5S/c1-3-35(31,32)29(2)24(30)28-16-10-11-17-18(13-16)22(14-6-4-7-15(25)12-14)33-19-8-5-9-20(21(17)19)34-23(26)27/h4-13,22-23H,3H2,1-2H3,(H,28,30). The fourth-order valence-electron chi connectivity index (χ4n) is 3.78. The van der Waals surface area contributed by atoms with Crippen LogP contribution in [0, 0.1) is 5.82 Å². The van der Waals surface area contributed by atoms with Crippen LogP contribution in [0.2, 0.25) is 0 Å². The lowest BCUT2D eigenvalue weighted by atomic mass is 9.88. The van der Waals surface area contributed by atoms with E-state index in [0.29, 0.717) is 21.0 Å².